The van der Waals surface area contributed by atoms with Gasteiger partial charge < -0.3 is 4.57 Å². The molecule has 13 heavy (non-hydrogen) atoms. The van der Waals surface area contributed by atoms with Crippen molar-refractivity contribution in [2.24, 2.45) is 11.3 Å². The van der Waals surface area contributed by atoms with Gasteiger partial charge in [0.1, 0.15) is 12.2 Å². The van der Waals surface area contributed by atoms with Crippen LogP contribution < -0.4 is 0 Å². The summed E-state index contributed by atoms with van der Waals surface area (Å²) < 4.78 is 2.11. The van der Waals surface area contributed by atoms with Gasteiger partial charge in [0.2, 0.25) is 0 Å². The fourth-order valence-electron chi connectivity index (χ4n) is 1.06. The third kappa shape index (κ3) is 2.54. The molecular weight excluding hydrogens is 162 g/mol. The van der Waals surface area contributed by atoms with Gasteiger partial charge in [-0.3, -0.25) is 0 Å². The fourth-order valence-corrected chi connectivity index (χ4v) is 1.06. The van der Waals surface area contributed by atoms with Crippen molar-refractivity contribution in [2.45, 2.75) is 41.2 Å². The zero-order chi connectivity index (χ0) is 10.1. The van der Waals surface area contributed by atoms with Gasteiger partial charge in [0.15, 0.2) is 0 Å². The Morgan fingerprint density at radius 2 is 2.08 bits per heavy atom. The molecule has 0 bridgehead atoms. The van der Waals surface area contributed by atoms with Crippen molar-refractivity contribution in [1.29, 1.82) is 0 Å². The second-order valence-corrected chi connectivity index (χ2v) is 4.80. The SMILES string of the molecule is Cc1nncn1CC(C)C(C)(C)C. The highest BCUT2D eigenvalue weighted by Gasteiger charge is 2.20. The highest BCUT2D eigenvalue weighted by Crippen LogP contribution is 2.26. The molecule has 0 spiro atoms. The van der Waals surface area contributed by atoms with Crippen molar-refractivity contribution >= 4 is 0 Å². The second kappa shape index (κ2) is 3.48. The first-order chi connectivity index (χ1) is 5.91. The zero-order valence-electron chi connectivity index (χ0n) is 9.20. The van der Waals surface area contributed by atoms with Gasteiger partial charge in [0.25, 0.3) is 0 Å². The minimum absolute atomic E-state index is 0.344. The van der Waals surface area contributed by atoms with Crippen LogP contribution in [0.1, 0.15) is 33.5 Å². The normalized spacial score (nSPS) is 14.5. The molecule has 0 aromatic carbocycles. The van der Waals surface area contributed by atoms with Crippen LogP contribution >= 0.6 is 0 Å². The van der Waals surface area contributed by atoms with Crippen LogP contribution in [-0.4, -0.2) is 14.8 Å². The van der Waals surface area contributed by atoms with Crippen molar-refractivity contribution in [3.63, 3.8) is 0 Å². The molecule has 74 valence electrons. The minimum atomic E-state index is 0.344. The van der Waals surface area contributed by atoms with Crippen LogP contribution in [0.25, 0.3) is 0 Å². The standard InChI is InChI=1S/C10H19N3/c1-8(10(3,4)5)6-13-7-11-12-9(13)2/h7-8H,6H2,1-5H3. The van der Waals surface area contributed by atoms with Crippen molar-refractivity contribution < 1.29 is 0 Å². The highest BCUT2D eigenvalue weighted by atomic mass is 15.3. The quantitative estimate of drug-likeness (QED) is 0.700. The third-order valence-corrected chi connectivity index (χ3v) is 2.76. The Hall–Kier alpha value is -0.860. The number of nitrogens with zero attached hydrogens (tertiary/aromatic N) is 3. The lowest BCUT2D eigenvalue weighted by molar-refractivity contribution is 0.231. The molecule has 3 heteroatoms. The van der Waals surface area contributed by atoms with Crippen molar-refractivity contribution in [2.75, 3.05) is 0 Å². The van der Waals surface area contributed by atoms with Crippen LogP contribution in [0.15, 0.2) is 6.33 Å². The minimum Gasteiger partial charge on any atom is -0.318 e. The Balaban J connectivity index is 2.65. The van der Waals surface area contributed by atoms with E-state index in [0.29, 0.717) is 11.3 Å². The van der Waals surface area contributed by atoms with Gasteiger partial charge in [-0.25, -0.2) is 0 Å². The summed E-state index contributed by atoms with van der Waals surface area (Å²) in [6.45, 7) is 12.0. The summed E-state index contributed by atoms with van der Waals surface area (Å²) in [7, 11) is 0. The first-order valence-electron chi connectivity index (χ1n) is 4.75. The van der Waals surface area contributed by atoms with Crippen LogP contribution in [-0.2, 0) is 6.54 Å². The molecule has 0 amide bonds. The first kappa shape index (κ1) is 10.2. The molecule has 1 aromatic heterocycles. The Morgan fingerprint density at radius 3 is 2.46 bits per heavy atom. The first-order valence-corrected chi connectivity index (χ1v) is 4.75. The zero-order valence-corrected chi connectivity index (χ0v) is 9.20. The summed E-state index contributed by atoms with van der Waals surface area (Å²) in [5.41, 5.74) is 0.344. The van der Waals surface area contributed by atoms with Gasteiger partial charge in [-0.2, -0.15) is 0 Å². The largest absolute Gasteiger partial charge is 0.318 e. The molecule has 0 saturated carbocycles. The number of aryl methyl sites for hydroxylation is 1. The van der Waals surface area contributed by atoms with E-state index < -0.39 is 0 Å². The van der Waals surface area contributed by atoms with Gasteiger partial charge in [-0.1, -0.05) is 27.7 Å². The van der Waals surface area contributed by atoms with Crippen LogP contribution in [0.3, 0.4) is 0 Å². The van der Waals surface area contributed by atoms with E-state index in [1.807, 2.05) is 6.92 Å². The van der Waals surface area contributed by atoms with E-state index in [0.717, 1.165) is 12.4 Å². The molecule has 0 radical (unpaired) electrons. The molecule has 0 fully saturated rings. The van der Waals surface area contributed by atoms with E-state index in [9.17, 15) is 0 Å². The smallest absolute Gasteiger partial charge is 0.129 e. The van der Waals surface area contributed by atoms with E-state index in [1.54, 1.807) is 6.33 Å². The molecule has 1 unspecified atom stereocenters. The predicted molar refractivity (Wildman–Crippen MR) is 53.4 cm³/mol. The summed E-state index contributed by atoms with van der Waals surface area (Å²) in [6.07, 6.45) is 1.80. The topological polar surface area (TPSA) is 30.7 Å². The lowest BCUT2D eigenvalue weighted by Gasteiger charge is -2.27. The molecule has 3 nitrogen and oxygen atoms in total. The Labute approximate surface area is 80.2 Å². The van der Waals surface area contributed by atoms with Crippen molar-refractivity contribution in [3.05, 3.63) is 12.2 Å². The van der Waals surface area contributed by atoms with E-state index in [2.05, 4.69) is 42.5 Å². The highest BCUT2D eigenvalue weighted by molar-refractivity contribution is 4.82. The number of hydrogen-bond acceptors (Lipinski definition) is 2. The summed E-state index contributed by atoms with van der Waals surface area (Å²) in [5, 5.41) is 7.83. The summed E-state index contributed by atoms with van der Waals surface area (Å²) in [5.74, 6) is 1.62. The lowest BCUT2D eigenvalue weighted by atomic mass is 9.82. The average Bonchev–Trinajstić information content (AvgIpc) is 2.34. The Bertz CT molecular complexity index is 270. The predicted octanol–water partition coefficient (Wildman–Crippen LogP) is 2.27. The maximum Gasteiger partial charge on any atom is 0.129 e. The molecule has 0 saturated heterocycles. The van der Waals surface area contributed by atoms with Crippen LogP contribution in [0.5, 0.6) is 0 Å². The van der Waals surface area contributed by atoms with Gasteiger partial charge in [-0.15, -0.1) is 10.2 Å². The number of rotatable bonds is 2. The van der Waals surface area contributed by atoms with Crippen molar-refractivity contribution in [3.8, 4) is 0 Å². The number of aromatic nitrogens is 3. The van der Waals surface area contributed by atoms with Gasteiger partial charge in [0.05, 0.1) is 0 Å². The summed E-state index contributed by atoms with van der Waals surface area (Å²) in [6, 6.07) is 0. The fraction of sp³-hybridized carbons (Fsp3) is 0.800. The maximum absolute atomic E-state index is 3.96. The molecule has 1 atom stereocenters. The van der Waals surface area contributed by atoms with Gasteiger partial charge >= 0.3 is 0 Å². The Morgan fingerprint density at radius 1 is 1.46 bits per heavy atom. The van der Waals surface area contributed by atoms with Crippen LogP contribution in [0.4, 0.5) is 0 Å². The van der Waals surface area contributed by atoms with Gasteiger partial charge in [0, 0.05) is 6.54 Å². The molecule has 1 aromatic rings. The third-order valence-electron chi connectivity index (χ3n) is 2.76. The molecular formula is C10H19N3. The molecule has 1 heterocycles. The van der Waals surface area contributed by atoms with E-state index in [1.165, 1.54) is 0 Å². The van der Waals surface area contributed by atoms with Crippen LogP contribution in [0.2, 0.25) is 0 Å². The molecule has 0 N–H and O–H groups in total. The van der Waals surface area contributed by atoms with Gasteiger partial charge in [-0.05, 0) is 18.3 Å². The summed E-state index contributed by atoms with van der Waals surface area (Å²) >= 11 is 0. The Kier molecular flexibility index (Phi) is 2.74. The maximum atomic E-state index is 3.96. The molecule has 0 aliphatic heterocycles. The average molecular weight is 181 g/mol. The molecule has 0 aliphatic carbocycles. The van der Waals surface area contributed by atoms with E-state index in [-0.39, 0.29) is 0 Å². The lowest BCUT2D eigenvalue weighted by Crippen LogP contribution is -2.22. The van der Waals surface area contributed by atoms with E-state index >= 15 is 0 Å². The number of hydrogen-bond donors (Lipinski definition) is 0. The van der Waals surface area contributed by atoms with Crippen LogP contribution in [0, 0.1) is 18.3 Å². The monoisotopic (exact) mass is 181 g/mol. The van der Waals surface area contributed by atoms with E-state index in [4.69, 9.17) is 0 Å². The summed E-state index contributed by atoms with van der Waals surface area (Å²) in [4.78, 5) is 0. The molecule has 1 rings (SSSR count). The second-order valence-electron chi connectivity index (χ2n) is 4.80. The van der Waals surface area contributed by atoms with Crippen molar-refractivity contribution in [1.82, 2.24) is 14.8 Å². The molecule has 0 aliphatic rings.